The van der Waals surface area contributed by atoms with E-state index in [0.717, 1.165) is 19.4 Å². The van der Waals surface area contributed by atoms with Gasteiger partial charge in [-0.25, -0.2) is 4.79 Å². The molecule has 0 heterocycles. The zero-order valence-corrected chi connectivity index (χ0v) is 17.2. The fraction of sp³-hybridized carbons (Fsp3) is 0.500. The maximum Gasteiger partial charge on any atom is 1.00 e. The van der Waals surface area contributed by atoms with Gasteiger partial charge in [-0.1, -0.05) is 0 Å². The number of esters is 2. The summed E-state index contributed by atoms with van der Waals surface area (Å²) in [5, 5.41) is 27.3. The number of carbonyl (C=O) groups excluding carboxylic acids is 3. The van der Waals surface area contributed by atoms with Crippen molar-refractivity contribution in [1.82, 2.24) is 0 Å². The molecule has 14 heteroatoms. The topological polar surface area (TPSA) is 209 Å². The van der Waals surface area contributed by atoms with E-state index in [4.69, 9.17) is 25.1 Å². The normalized spacial score (nSPS) is 8.50. The summed E-state index contributed by atoms with van der Waals surface area (Å²) in [5.74, 6) is -2.86. The second-order valence-electron chi connectivity index (χ2n) is 3.57. The van der Waals surface area contributed by atoms with Crippen LogP contribution in [0.5, 0.6) is 0 Å². The monoisotopic (exact) mass is 390 g/mol. The van der Waals surface area contributed by atoms with Crippen LogP contribution in [-0.4, -0.2) is 48.1 Å². The number of aliphatic hydroxyl groups excluding tert-OH is 1. The van der Waals surface area contributed by atoms with Gasteiger partial charge in [0, 0.05) is 6.92 Å². The van der Waals surface area contributed by atoms with Crippen molar-refractivity contribution in [2.24, 2.45) is 10.5 Å². The van der Waals surface area contributed by atoms with E-state index < -0.39 is 29.4 Å². The molecule has 0 saturated heterocycles. The van der Waals surface area contributed by atoms with Crippen LogP contribution in [0.15, 0.2) is 22.0 Å². The third kappa shape index (κ3) is 37.7. The molecule has 0 aromatic heterocycles. The van der Waals surface area contributed by atoms with Gasteiger partial charge in [-0.3, -0.25) is 14.4 Å². The van der Waals surface area contributed by atoms with Crippen molar-refractivity contribution >= 4 is 23.7 Å². The molecule has 13 nitrogen and oxygen atoms in total. The maximum atomic E-state index is 10.5. The Balaban J connectivity index is -0.0000000822. The van der Waals surface area contributed by atoms with Crippen LogP contribution in [0.25, 0.3) is 0 Å². The van der Waals surface area contributed by atoms with Gasteiger partial charge in [0.1, 0.15) is 18.0 Å². The minimum absolute atomic E-state index is 0. The van der Waals surface area contributed by atoms with E-state index in [1.165, 1.54) is 21.0 Å². The van der Waals surface area contributed by atoms with E-state index >= 15 is 0 Å². The Hall–Kier alpha value is -2.38. The molecule has 0 aromatic carbocycles. The van der Waals surface area contributed by atoms with Crippen molar-refractivity contribution in [3.05, 3.63) is 26.5 Å². The van der Waals surface area contributed by atoms with Gasteiger partial charge in [0.15, 0.2) is 0 Å². The van der Waals surface area contributed by atoms with Gasteiger partial charge in [0.25, 0.3) is 5.97 Å². The summed E-state index contributed by atoms with van der Waals surface area (Å²) in [6, 6.07) is 0. The van der Waals surface area contributed by atoms with Crippen LogP contribution in [-0.2, 0) is 28.7 Å². The number of allylic oxidation sites excluding steroid dienone is 1. The Morgan fingerprint density at radius 2 is 1.31 bits per heavy atom. The number of carboxylic acids is 1. The smallest absolute Gasteiger partial charge is 0.510 e. The summed E-state index contributed by atoms with van der Waals surface area (Å²) in [7, 11) is 2.35. The Labute approximate surface area is 170 Å². The Morgan fingerprint density at radius 3 is 1.38 bits per heavy atom. The van der Waals surface area contributed by atoms with E-state index in [1.807, 2.05) is 0 Å². The third-order valence-electron chi connectivity index (χ3n) is 1.43. The number of nitroso groups, excluding NO2 is 1. The van der Waals surface area contributed by atoms with Crippen molar-refractivity contribution < 1.29 is 68.4 Å². The Bertz CT molecular complexity index is 484. The first-order chi connectivity index (χ1) is 11.4. The van der Waals surface area contributed by atoms with Crippen molar-refractivity contribution in [3.63, 3.8) is 0 Å². The zero-order valence-electron chi connectivity index (χ0n) is 15.2. The first-order valence-electron chi connectivity index (χ1n) is 5.97. The molecule has 0 bridgehead atoms. The fourth-order valence-electron chi connectivity index (χ4n) is 0.623. The standard InChI is InChI=1S/C5H7NO4.C5H8O3.C2H4O2.HNO2.Na/c1-3(7)4(6-9)5(8)10-2;1-4(6)3-5(7)8-2;1-2(3)4;2-1-3;/h7H,1-2H3;3H2,1-2H3;1H3,(H,3,4);(H,2,3);/q;;;;+1/p-1. The van der Waals surface area contributed by atoms with Gasteiger partial charge in [-0.2, -0.15) is 0 Å². The second kappa shape index (κ2) is 24.9. The van der Waals surface area contributed by atoms with Crippen molar-refractivity contribution in [2.75, 3.05) is 14.2 Å². The second-order valence-corrected chi connectivity index (χ2v) is 3.57. The molecule has 0 rings (SSSR count). The first kappa shape index (κ1) is 34.9. The van der Waals surface area contributed by atoms with Crippen LogP contribution in [0.3, 0.4) is 0 Å². The van der Waals surface area contributed by atoms with Crippen LogP contribution in [0.4, 0.5) is 0 Å². The fourth-order valence-corrected chi connectivity index (χ4v) is 0.623. The van der Waals surface area contributed by atoms with Crippen molar-refractivity contribution in [3.8, 4) is 0 Å². The number of methoxy groups -OCH3 is 2. The van der Waals surface area contributed by atoms with Crippen molar-refractivity contribution in [1.29, 1.82) is 0 Å². The van der Waals surface area contributed by atoms with Crippen LogP contribution >= 0.6 is 0 Å². The molecule has 0 radical (unpaired) electrons. The van der Waals surface area contributed by atoms with E-state index in [1.54, 1.807) is 0 Å². The van der Waals surface area contributed by atoms with Crippen molar-refractivity contribution in [2.45, 2.75) is 27.2 Å². The summed E-state index contributed by atoms with van der Waals surface area (Å²) in [6.07, 6.45) is -0.115. The quantitative estimate of drug-likeness (QED) is 0.104. The summed E-state index contributed by atoms with van der Waals surface area (Å²) in [4.78, 5) is 57.5. The van der Waals surface area contributed by atoms with Gasteiger partial charge in [0.2, 0.25) is 5.70 Å². The summed E-state index contributed by atoms with van der Waals surface area (Å²) < 4.78 is 8.32. The zero-order chi connectivity index (χ0) is 21.0. The number of carboxylic acid groups (broad SMARTS) is 1. The third-order valence-corrected chi connectivity index (χ3v) is 1.43. The number of ketones is 1. The molecular weight excluding hydrogens is 371 g/mol. The summed E-state index contributed by atoms with van der Waals surface area (Å²) >= 11 is 0. The Kier molecular flexibility index (Phi) is 33.3. The molecule has 2 N–H and O–H groups in total. The van der Waals surface area contributed by atoms with Gasteiger partial charge in [-0.15, -0.1) is 10.2 Å². The minimum atomic E-state index is -0.935. The number of hydrogen-bond donors (Lipinski definition) is 2. The van der Waals surface area contributed by atoms with E-state index in [-0.39, 0.29) is 41.8 Å². The average molecular weight is 390 g/mol. The first-order valence-corrected chi connectivity index (χ1v) is 5.97. The predicted octanol–water partition coefficient (Wildman–Crippen LogP) is -1.80. The molecule has 144 valence electrons. The molecule has 26 heavy (non-hydrogen) atoms. The van der Waals surface area contributed by atoms with E-state index in [0.29, 0.717) is 0 Å². The molecule has 0 saturated carbocycles. The molecule has 0 unspecified atom stereocenters. The SMILES string of the molecule is CC(=O)O.COC(=O)C(N=O)=C(C)O.COC(=O)CC(C)=O.O=N[O-].[Na+]. The van der Waals surface area contributed by atoms with E-state index in [2.05, 4.69) is 14.7 Å². The summed E-state index contributed by atoms with van der Waals surface area (Å²) in [5.41, 5.74) is -0.595. The number of carbonyl (C=O) groups is 4. The number of nitrogens with zero attached hydrogens (tertiary/aromatic N) is 2. The predicted molar refractivity (Wildman–Crippen MR) is 82.9 cm³/mol. The number of ether oxygens (including phenoxy) is 2. The van der Waals surface area contributed by atoms with Crippen LogP contribution < -0.4 is 29.6 Å². The number of rotatable bonds is 4. The van der Waals surface area contributed by atoms with Gasteiger partial charge >= 0.3 is 41.5 Å². The van der Waals surface area contributed by atoms with Gasteiger partial charge in [0.05, 0.1) is 14.2 Å². The molecule has 0 amide bonds. The molecule has 0 fully saturated rings. The minimum Gasteiger partial charge on any atom is -0.510 e. The van der Waals surface area contributed by atoms with E-state index in [9.17, 15) is 19.3 Å². The number of aliphatic carboxylic acids is 1. The molecule has 0 aliphatic carbocycles. The average Bonchev–Trinajstić information content (AvgIpc) is 2.47. The van der Waals surface area contributed by atoms with Crippen LogP contribution in [0.2, 0.25) is 0 Å². The molecule has 0 aliphatic heterocycles. The molecule has 0 spiro atoms. The number of hydrogen-bond acceptors (Lipinski definition) is 12. The molecule has 0 aromatic rings. The van der Waals surface area contributed by atoms with Crippen LogP contribution in [0, 0.1) is 15.0 Å². The number of aliphatic hydroxyl groups is 1. The van der Waals surface area contributed by atoms with Gasteiger partial charge < -0.3 is 29.8 Å². The molecular formula is C12H19N2NaO11. The maximum absolute atomic E-state index is 10.5. The largest absolute Gasteiger partial charge is 1.00 e. The number of Topliss-reactive ketones (excluding diaryl/α,β-unsaturated/α-hetero) is 1. The molecule has 0 aliphatic rings. The Morgan fingerprint density at radius 1 is 0.962 bits per heavy atom. The van der Waals surface area contributed by atoms with Gasteiger partial charge in [-0.05, 0) is 19.0 Å². The van der Waals surface area contributed by atoms with Crippen LogP contribution in [0.1, 0.15) is 27.2 Å². The summed E-state index contributed by atoms with van der Waals surface area (Å²) in [6.45, 7) is 3.60. The molecule has 0 atom stereocenters.